The van der Waals surface area contributed by atoms with Crippen molar-refractivity contribution in [3.63, 3.8) is 0 Å². The van der Waals surface area contributed by atoms with Gasteiger partial charge in [0.05, 0.1) is 39.6 Å². The summed E-state index contributed by atoms with van der Waals surface area (Å²) in [5.74, 6) is -3.20. The largest absolute Gasteiger partial charge is 0.492 e. The van der Waals surface area contributed by atoms with E-state index >= 15 is 0 Å². The van der Waals surface area contributed by atoms with Gasteiger partial charge >= 0.3 is 23.9 Å². The lowest BCUT2D eigenvalue weighted by Gasteiger charge is -2.20. The second kappa shape index (κ2) is 20.4. The molecule has 0 aliphatic rings. The van der Waals surface area contributed by atoms with Gasteiger partial charge in [0.15, 0.2) is 0 Å². The molecule has 4 rings (SSSR count). The lowest BCUT2D eigenvalue weighted by atomic mass is 9.97. The summed E-state index contributed by atoms with van der Waals surface area (Å²) >= 11 is 0. The zero-order chi connectivity index (χ0) is 38.2. The van der Waals surface area contributed by atoms with E-state index in [1.807, 2.05) is 27.7 Å². The van der Waals surface area contributed by atoms with Crippen molar-refractivity contribution in [1.29, 1.82) is 0 Å². The van der Waals surface area contributed by atoms with Crippen LogP contribution in [0.2, 0.25) is 0 Å². The first-order valence-corrected chi connectivity index (χ1v) is 17.6. The Morgan fingerprint density at radius 1 is 0.442 bits per heavy atom. The topological polar surface area (TPSA) is 164 Å². The molecular weight excluding hydrogens is 672 g/mol. The van der Waals surface area contributed by atoms with E-state index in [9.17, 15) is 29.4 Å². The van der Waals surface area contributed by atoms with Crippen LogP contribution in [0.25, 0.3) is 21.5 Å². The van der Waals surface area contributed by atoms with Crippen LogP contribution in [0, 0.1) is 0 Å². The molecule has 0 aliphatic carbocycles. The molecule has 52 heavy (non-hydrogen) atoms. The highest BCUT2D eigenvalue weighted by Gasteiger charge is 2.32. The lowest BCUT2D eigenvalue weighted by molar-refractivity contribution is 0.0503. The van der Waals surface area contributed by atoms with E-state index in [4.69, 9.17) is 28.4 Å². The molecule has 0 spiro atoms. The third-order valence-corrected chi connectivity index (χ3v) is 7.43. The monoisotopic (exact) mass is 720 g/mol. The summed E-state index contributed by atoms with van der Waals surface area (Å²) in [7, 11) is 0. The van der Waals surface area contributed by atoms with Gasteiger partial charge in [-0.15, -0.1) is 0 Å². The first kappa shape index (κ1) is 40.9. The van der Waals surface area contributed by atoms with Crippen LogP contribution in [0.1, 0.15) is 109 Å². The first-order chi connectivity index (χ1) is 25.1. The van der Waals surface area contributed by atoms with Crippen LogP contribution in [0.3, 0.4) is 0 Å². The van der Waals surface area contributed by atoms with Crippen LogP contribution in [0.15, 0.2) is 48.5 Å². The van der Waals surface area contributed by atoms with Crippen molar-refractivity contribution in [2.24, 2.45) is 0 Å². The van der Waals surface area contributed by atoms with Crippen LogP contribution < -0.4 is 18.9 Å². The van der Waals surface area contributed by atoms with Crippen molar-refractivity contribution in [3.05, 3.63) is 70.8 Å². The van der Waals surface area contributed by atoms with Crippen LogP contribution in [0.5, 0.6) is 23.0 Å². The second-order valence-electron chi connectivity index (χ2n) is 11.4. The summed E-state index contributed by atoms with van der Waals surface area (Å²) in [6, 6.07) is 14.3. The number of ether oxygens (including phenoxy) is 6. The SMILES string of the molecule is CCCOc1c(C(=O)O)c(C(=O)OCC)c(OCCC)c2ccccc12.CCCOc1c(C(=O)O)c(C(=O)OCC)c(OCCC)c2ccccc12. The summed E-state index contributed by atoms with van der Waals surface area (Å²) in [5.41, 5.74) is -0.640. The van der Waals surface area contributed by atoms with E-state index in [2.05, 4.69) is 0 Å². The Kier molecular flexibility index (Phi) is 16.0. The summed E-state index contributed by atoms with van der Waals surface area (Å²) in [5, 5.41) is 22.1. The molecule has 0 aromatic heterocycles. The molecule has 280 valence electrons. The van der Waals surface area contributed by atoms with Crippen LogP contribution >= 0.6 is 0 Å². The minimum Gasteiger partial charge on any atom is -0.492 e. The molecule has 0 atom stereocenters. The van der Waals surface area contributed by atoms with Crippen LogP contribution in [-0.2, 0) is 9.47 Å². The van der Waals surface area contributed by atoms with E-state index in [1.54, 1.807) is 62.4 Å². The predicted molar refractivity (Wildman–Crippen MR) is 197 cm³/mol. The summed E-state index contributed by atoms with van der Waals surface area (Å²) < 4.78 is 33.3. The molecule has 0 saturated heterocycles. The number of carbonyl (C=O) groups excluding carboxylic acids is 2. The molecule has 0 aliphatic heterocycles. The number of hydrogen-bond donors (Lipinski definition) is 2. The molecule has 0 radical (unpaired) electrons. The maximum Gasteiger partial charge on any atom is 0.342 e. The molecule has 0 amide bonds. The van der Waals surface area contributed by atoms with Crippen LogP contribution in [0.4, 0.5) is 0 Å². The molecule has 0 heterocycles. The highest BCUT2D eigenvalue weighted by atomic mass is 16.5. The Balaban J connectivity index is 0.000000280. The van der Waals surface area contributed by atoms with Gasteiger partial charge in [0.1, 0.15) is 45.3 Å². The standard InChI is InChI=1S/2C20H24O6/c2*1-4-11-25-17-13-9-7-8-10-14(13)18(26-12-5-2)16(15(17)19(21)22)20(23)24-6-3/h2*7-10H,4-6,11-12H2,1-3H3,(H,21,22). The molecule has 12 nitrogen and oxygen atoms in total. The number of benzene rings is 4. The number of carbonyl (C=O) groups is 4. The first-order valence-electron chi connectivity index (χ1n) is 17.6. The quantitative estimate of drug-likeness (QED) is 0.0942. The fourth-order valence-electron chi connectivity index (χ4n) is 5.37. The molecule has 0 bridgehead atoms. The molecule has 0 unspecified atom stereocenters. The van der Waals surface area contributed by atoms with E-state index < -0.39 is 23.9 Å². The maximum absolute atomic E-state index is 12.6. The number of esters is 2. The number of hydrogen-bond acceptors (Lipinski definition) is 10. The number of carboxylic acids is 2. The van der Waals surface area contributed by atoms with E-state index in [0.717, 1.165) is 0 Å². The number of aromatic carboxylic acids is 2. The van der Waals surface area contributed by atoms with Crippen molar-refractivity contribution in [3.8, 4) is 23.0 Å². The lowest BCUT2D eigenvalue weighted by Crippen LogP contribution is -2.17. The van der Waals surface area contributed by atoms with Gasteiger partial charge in [0.25, 0.3) is 0 Å². The molecule has 0 saturated carbocycles. The Morgan fingerprint density at radius 3 is 0.904 bits per heavy atom. The van der Waals surface area contributed by atoms with Crippen molar-refractivity contribution >= 4 is 45.4 Å². The Labute approximate surface area is 303 Å². The third kappa shape index (κ3) is 9.42. The van der Waals surface area contributed by atoms with Gasteiger partial charge in [0.2, 0.25) is 0 Å². The molecule has 2 N–H and O–H groups in total. The zero-order valence-electron chi connectivity index (χ0n) is 30.7. The molecule has 4 aromatic carbocycles. The Bertz CT molecular complexity index is 1730. The van der Waals surface area contributed by atoms with E-state index in [1.165, 1.54) is 0 Å². The highest BCUT2D eigenvalue weighted by molar-refractivity contribution is 6.15. The third-order valence-electron chi connectivity index (χ3n) is 7.43. The number of fused-ring (bicyclic) bond motifs is 2. The summed E-state index contributed by atoms with van der Waals surface area (Å²) in [4.78, 5) is 49.3. The molecule has 4 aromatic rings. The molecule has 12 heteroatoms. The highest BCUT2D eigenvalue weighted by Crippen LogP contribution is 2.43. The van der Waals surface area contributed by atoms with Crippen molar-refractivity contribution in [2.75, 3.05) is 39.6 Å². The summed E-state index contributed by atoms with van der Waals surface area (Å²) in [6.07, 6.45) is 2.84. The van der Waals surface area contributed by atoms with Gasteiger partial charge in [-0.25, -0.2) is 19.2 Å². The average molecular weight is 721 g/mol. The minimum absolute atomic E-state index is 0.0994. The fraction of sp³-hybridized carbons (Fsp3) is 0.400. The number of rotatable bonds is 18. The van der Waals surface area contributed by atoms with Crippen molar-refractivity contribution in [2.45, 2.75) is 67.2 Å². The van der Waals surface area contributed by atoms with E-state index in [-0.39, 0.29) is 58.5 Å². The van der Waals surface area contributed by atoms with Gasteiger partial charge in [-0.05, 0) is 39.5 Å². The van der Waals surface area contributed by atoms with Crippen LogP contribution in [-0.4, -0.2) is 73.7 Å². The van der Waals surface area contributed by atoms with Gasteiger partial charge in [-0.1, -0.05) is 76.2 Å². The zero-order valence-corrected chi connectivity index (χ0v) is 30.7. The number of carboxylic acid groups (broad SMARTS) is 2. The van der Waals surface area contributed by atoms with Gasteiger partial charge in [0, 0.05) is 21.5 Å². The van der Waals surface area contributed by atoms with Gasteiger partial charge < -0.3 is 38.6 Å². The molecular formula is C40H48O12. The normalized spacial score (nSPS) is 10.6. The predicted octanol–water partition coefficient (Wildman–Crippen LogP) is 8.58. The van der Waals surface area contributed by atoms with Crippen molar-refractivity contribution in [1.82, 2.24) is 0 Å². The second-order valence-corrected chi connectivity index (χ2v) is 11.4. The van der Waals surface area contributed by atoms with Gasteiger partial charge in [-0.3, -0.25) is 0 Å². The van der Waals surface area contributed by atoms with Crippen molar-refractivity contribution < 1.29 is 57.8 Å². The smallest absolute Gasteiger partial charge is 0.342 e. The Morgan fingerprint density at radius 2 is 0.692 bits per heavy atom. The van der Waals surface area contributed by atoms with Gasteiger partial charge in [-0.2, -0.15) is 0 Å². The average Bonchev–Trinajstić information content (AvgIpc) is 3.14. The summed E-state index contributed by atoms with van der Waals surface area (Å²) in [6.45, 7) is 12.7. The molecule has 0 fully saturated rings. The maximum atomic E-state index is 12.6. The van der Waals surface area contributed by atoms with E-state index in [0.29, 0.717) is 73.7 Å². The fourth-order valence-corrected chi connectivity index (χ4v) is 5.37. The minimum atomic E-state index is -1.26. The Hall–Kier alpha value is -5.52.